The molecular formula is C11H17NO2S. The maximum absolute atomic E-state index is 11.1. The number of benzene rings is 1. The van der Waals surface area contributed by atoms with Gasteiger partial charge in [0.1, 0.15) is 0 Å². The van der Waals surface area contributed by atoms with E-state index in [1.54, 1.807) is 12.1 Å². The summed E-state index contributed by atoms with van der Waals surface area (Å²) in [6.45, 7) is 4.28. The van der Waals surface area contributed by atoms with Gasteiger partial charge in [-0.15, -0.1) is 0 Å². The van der Waals surface area contributed by atoms with Crippen molar-refractivity contribution in [2.75, 3.05) is 0 Å². The number of primary sulfonamides is 1. The number of hydrogen-bond acceptors (Lipinski definition) is 2. The third kappa shape index (κ3) is 4.01. The molecule has 1 aromatic carbocycles. The Balaban J connectivity index is 2.84. The SMILES string of the molecule is CC(C)CCc1cccc(S(N)(=O)=O)c1. The molecule has 3 nitrogen and oxygen atoms in total. The summed E-state index contributed by atoms with van der Waals surface area (Å²) in [4.78, 5) is 0.198. The molecule has 0 aliphatic carbocycles. The molecule has 0 heterocycles. The summed E-state index contributed by atoms with van der Waals surface area (Å²) in [6.07, 6.45) is 1.94. The van der Waals surface area contributed by atoms with Gasteiger partial charge in [-0.1, -0.05) is 26.0 Å². The summed E-state index contributed by atoms with van der Waals surface area (Å²) < 4.78 is 22.2. The predicted octanol–water partition coefficient (Wildman–Crippen LogP) is 1.92. The van der Waals surface area contributed by atoms with E-state index >= 15 is 0 Å². The number of nitrogens with two attached hydrogens (primary N) is 1. The summed E-state index contributed by atoms with van der Waals surface area (Å²) >= 11 is 0. The average molecular weight is 227 g/mol. The van der Waals surface area contributed by atoms with Crippen molar-refractivity contribution in [1.82, 2.24) is 0 Å². The molecule has 0 aliphatic rings. The van der Waals surface area contributed by atoms with Crippen molar-refractivity contribution < 1.29 is 8.42 Å². The Hall–Kier alpha value is -0.870. The number of rotatable bonds is 4. The van der Waals surface area contributed by atoms with Crippen LogP contribution in [0.25, 0.3) is 0 Å². The van der Waals surface area contributed by atoms with E-state index in [9.17, 15) is 8.42 Å². The van der Waals surface area contributed by atoms with Crippen LogP contribution in [0.4, 0.5) is 0 Å². The van der Waals surface area contributed by atoms with Crippen LogP contribution in [0, 0.1) is 5.92 Å². The highest BCUT2D eigenvalue weighted by molar-refractivity contribution is 7.89. The standard InChI is InChI=1S/C11H17NO2S/c1-9(2)6-7-10-4-3-5-11(8-10)15(12,13)14/h3-5,8-9H,6-7H2,1-2H3,(H2,12,13,14). The zero-order valence-corrected chi connectivity index (χ0v) is 9.92. The smallest absolute Gasteiger partial charge is 0.225 e. The minimum Gasteiger partial charge on any atom is -0.225 e. The summed E-state index contributed by atoms with van der Waals surface area (Å²) in [5.74, 6) is 0.614. The Morgan fingerprint density at radius 2 is 2.00 bits per heavy atom. The second-order valence-corrected chi connectivity index (χ2v) is 5.69. The first-order valence-electron chi connectivity index (χ1n) is 5.01. The number of sulfonamides is 1. The molecule has 2 N–H and O–H groups in total. The van der Waals surface area contributed by atoms with Gasteiger partial charge in [0.2, 0.25) is 10.0 Å². The van der Waals surface area contributed by atoms with E-state index in [4.69, 9.17) is 5.14 Å². The lowest BCUT2D eigenvalue weighted by Crippen LogP contribution is -2.12. The minimum absolute atomic E-state index is 0.198. The Morgan fingerprint density at radius 3 is 2.53 bits per heavy atom. The van der Waals surface area contributed by atoms with Crippen LogP contribution in [-0.2, 0) is 16.4 Å². The van der Waals surface area contributed by atoms with Crippen LogP contribution in [-0.4, -0.2) is 8.42 Å². The van der Waals surface area contributed by atoms with Crippen LogP contribution >= 0.6 is 0 Å². The minimum atomic E-state index is -3.56. The zero-order chi connectivity index (χ0) is 11.5. The van der Waals surface area contributed by atoms with E-state index in [0.29, 0.717) is 5.92 Å². The van der Waals surface area contributed by atoms with Gasteiger partial charge < -0.3 is 0 Å². The van der Waals surface area contributed by atoms with E-state index in [1.807, 2.05) is 6.07 Å². The molecule has 1 aromatic rings. The van der Waals surface area contributed by atoms with Crippen LogP contribution in [0.2, 0.25) is 0 Å². The molecular weight excluding hydrogens is 210 g/mol. The maximum atomic E-state index is 11.1. The fourth-order valence-electron chi connectivity index (χ4n) is 1.33. The van der Waals surface area contributed by atoms with Crippen LogP contribution in [0.5, 0.6) is 0 Å². The van der Waals surface area contributed by atoms with Crippen molar-refractivity contribution in [1.29, 1.82) is 0 Å². The van der Waals surface area contributed by atoms with Crippen LogP contribution in [0.15, 0.2) is 29.2 Å². The van der Waals surface area contributed by atoms with Gasteiger partial charge in [-0.2, -0.15) is 0 Å². The summed E-state index contributed by atoms with van der Waals surface area (Å²) in [5.41, 5.74) is 1.02. The van der Waals surface area contributed by atoms with E-state index in [1.165, 1.54) is 6.07 Å². The molecule has 0 amide bonds. The molecule has 0 bridgehead atoms. The third-order valence-electron chi connectivity index (χ3n) is 2.24. The topological polar surface area (TPSA) is 60.2 Å². The lowest BCUT2D eigenvalue weighted by molar-refractivity contribution is 0.585. The molecule has 0 saturated heterocycles. The highest BCUT2D eigenvalue weighted by atomic mass is 32.2. The molecule has 0 saturated carbocycles. The first-order chi connectivity index (χ1) is 6.89. The average Bonchev–Trinajstić information content (AvgIpc) is 2.14. The Bertz CT molecular complexity index is 424. The van der Waals surface area contributed by atoms with E-state index in [2.05, 4.69) is 13.8 Å². The Kier molecular flexibility index (Phi) is 3.88. The second kappa shape index (κ2) is 4.77. The van der Waals surface area contributed by atoms with Crippen molar-refractivity contribution in [3.8, 4) is 0 Å². The highest BCUT2D eigenvalue weighted by Crippen LogP contribution is 2.13. The van der Waals surface area contributed by atoms with Crippen molar-refractivity contribution in [3.63, 3.8) is 0 Å². The van der Waals surface area contributed by atoms with Crippen LogP contribution in [0.3, 0.4) is 0 Å². The third-order valence-corrected chi connectivity index (χ3v) is 3.15. The maximum Gasteiger partial charge on any atom is 0.238 e. The van der Waals surface area contributed by atoms with E-state index in [-0.39, 0.29) is 4.90 Å². The zero-order valence-electron chi connectivity index (χ0n) is 9.10. The van der Waals surface area contributed by atoms with Crippen molar-refractivity contribution in [2.45, 2.75) is 31.6 Å². The Labute approximate surface area is 91.4 Å². The molecule has 0 spiro atoms. The normalized spacial score (nSPS) is 12.0. The predicted molar refractivity (Wildman–Crippen MR) is 61.0 cm³/mol. The van der Waals surface area contributed by atoms with E-state index < -0.39 is 10.0 Å². The van der Waals surface area contributed by atoms with Crippen LogP contribution < -0.4 is 5.14 Å². The molecule has 15 heavy (non-hydrogen) atoms. The lowest BCUT2D eigenvalue weighted by atomic mass is 10.0. The van der Waals surface area contributed by atoms with Crippen molar-refractivity contribution in [2.24, 2.45) is 11.1 Å². The number of hydrogen-bond donors (Lipinski definition) is 1. The molecule has 0 aromatic heterocycles. The molecule has 0 atom stereocenters. The fourth-order valence-corrected chi connectivity index (χ4v) is 1.92. The van der Waals surface area contributed by atoms with Gasteiger partial charge in [-0.25, -0.2) is 13.6 Å². The van der Waals surface area contributed by atoms with Gasteiger partial charge in [0, 0.05) is 0 Å². The first-order valence-corrected chi connectivity index (χ1v) is 6.56. The highest BCUT2D eigenvalue weighted by Gasteiger charge is 2.07. The summed E-state index contributed by atoms with van der Waals surface area (Å²) in [6, 6.07) is 6.83. The van der Waals surface area contributed by atoms with Crippen molar-refractivity contribution in [3.05, 3.63) is 29.8 Å². The quantitative estimate of drug-likeness (QED) is 0.854. The molecule has 4 heteroatoms. The Morgan fingerprint density at radius 1 is 1.33 bits per heavy atom. The summed E-state index contributed by atoms with van der Waals surface area (Å²) in [5, 5.41) is 5.05. The lowest BCUT2D eigenvalue weighted by Gasteiger charge is -2.05. The van der Waals surface area contributed by atoms with Gasteiger partial charge in [0.05, 0.1) is 4.90 Å². The van der Waals surface area contributed by atoms with Gasteiger partial charge in [-0.05, 0) is 36.5 Å². The molecule has 0 unspecified atom stereocenters. The molecule has 84 valence electrons. The summed E-state index contributed by atoms with van der Waals surface area (Å²) in [7, 11) is -3.56. The van der Waals surface area contributed by atoms with Crippen molar-refractivity contribution >= 4 is 10.0 Å². The second-order valence-electron chi connectivity index (χ2n) is 4.12. The first kappa shape index (κ1) is 12.2. The van der Waals surface area contributed by atoms with Gasteiger partial charge in [-0.3, -0.25) is 0 Å². The molecule has 0 aliphatic heterocycles. The monoisotopic (exact) mass is 227 g/mol. The molecule has 0 radical (unpaired) electrons. The fraction of sp³-hybridized carbons (Fsp3) is 0.455. The molecule has 0 fully saturated rings. The van der Waals surface area contributed by atoms with Gasteiger partial charge in [0.15, 0.2) is 0 Å². The van der Waals surface area contributed by atoms with Gasteiger partial charge >= 0.3 is 0 Å². The number of aryl methyl sites for hydroxylation is 1. The van der Waals surface area contributed by atoms with Gasteiger partial charge in [0.25, 0.3) is 0 Å². The molecule has 1 rings (SSSR count). The van der Waals surface area contributed by atoms with E-state index in [0.717, 1.165) is 18.4 Å². The largest absolute Gasteiger partial charge is 0.238 e. The van der Waals surface area contributed by atoms with Crippen LogP contribution in [0.1, 0.15) is 25.8 Å².